The molecule has 0 fully saturated rings. The molecule has 1 heterocycles. The number of nitrogens with two attached hydrogens (primary N) is 1. The van der Waals surface area contributed by atoms with Gasteiger partial charge in [-0.15, -0.1) is 0 Å². The van der Waals surface area contributed by atoms with Crippen LogP contribution in [0.5, 0.6) is 0 Å². The van der Waals surface area contributed by atoms with Gasteiger partial charge < -0.3 is 11.1 Å². The number of anilines is 1. The van der Waals surface area contributed by atoms with Crippen LogP contribution in [0.25, 0.3) is 0 Å². The standard InChI is InChI=1S/C14H15IN4OS/c15-11-8-17-19(9-11)6-2-5-13(20)18-12-4-1-3-10(7-12)14(16)21/h1,3-4,7-9H,2,5-6H2,(H2,16,21)(H,18,20). The summed E-state index contributed by atoms with van der Waals surface area (Å²) >= 11 is 7.12. The molecule has 2 rings (SSSR count). The molecule has 21 heavy (non-hydrogen) atoms. The zero-order valence-corrected chi connectivity index (χ0v) is 14.2. The largest absolute Gasteiger partial charge is 0.389 e. The molecule has 1 aromatic heterocycles. The number of carbonyl (C=O) groups excluding carboxylic acids is 1. The van der Waals surface area contributed by atoms with Gasteiger partial charge in [0.2, 0.25) is 5.91 Å². The summed E-state index contributed by atoms with van der Waals surface area (Å²) < 4.78 is 2.93. The fourth-order valence-corrected chi connectivity index (χ4v) is 2.41. The fourth-order valence-electron chi connectivity index (χ4n) is 1.84. The van der Waals surface area contributed by atoms with Crippen LogP contribution >= 0.6 is 34.8 Å². The maximum atomic E-state index is 11.9. The van der Waals surface area contributed by atoms with Crippen molar-refractivity contribution in [1.82, 2.24) is 9.78 Å². The highest BCUT2D eigenvalue weighted by Gasteiger charge is 2.04. The van der Waals surface area contributed by atoms with Crippen molar-refractivity contribution in [3.63, 3.8) is 0 Å². The normalized spacial score (nSPS) is 10.3. The summed E-state index contributed by atoms with van der Waals surface area (Å²) in [6.07, 6.45) is 4.91. The summed E-state index contributed by atoms with van der Waals surface area (Å²) in [7, 11) is 0. The number of hydrogen-bond donors (Lipinski definition) is 2. The van der Waals surface area contributed by atoms with Gasteiger partial charge in [-0.1, -0.05) is 24.4 Å². The number of carbonyl (C=O) groups is 1. The van der Waals surface area contributed by atoms with Crippen molar-refractivity contribution in [1.29, 1.82) is 0 Å². The minimum absolute atomic E-state index is 0.0306. The van der Waals surface area contributed by atoms with E-state index in [4.69, 9.17) is 18.0 Å². The summed E-state index contributed by atoms with van der Waals surface area (Å²) in [5.74, 6) is -0.0306. The number of amides is 1. The predicted molar refractivity (Wildman–Crippen MR) is 95.1 cm³/mol. The van der Waals surface area contributed by atoms with Gasteiger partial charge in [-0.25, -0.2) is 0 Å². The summed E-state index contributed by atoms with van der Waals surface area (Å²) in [5.41, 5.74) is 7.02. The second-order valence-corrected chi connectivity index (χ2v) is 6.20. The Morgan fingerprint density at radius 1 is 1.48 bits per heavy atom. The molecule has 0 aliphatic carbocycles. The van der Waals surface area contributed by atoms with Gasteiger partial charge in [0.1, 0.15) is 4.99 Å². The number of thiocarbonyl (C=S) groups is 1. The molecule has 0 spiro atoms. The van der Waals surface area contributed by atoms with E-state index in [9.17, 15) is 4.79 Å². The molecule has 2 aromatic rings. The van der Waals surface area contributed by atoms with E-state index in [0.717, 1.165) is 22.1 Å². The number of nitrogens with zero attached hydrogens (tertiary/aromatic N) is 2. The van der Waals surface area contributed by atoms with Crippen LogP contribution in [0.3, 0.4) is 0 Å². The molecular weight excluding hydrogens is 399 g/mol. The van der Waals surface area contributed by atoms with Crippen molar-refractivity contribution in [2.24, 2.45) is 5.73 Å². The van der Waals surface area contributed by atoms with Crippen molar-refractivity contribution >= 4 is 51.4 Å². The Morgan fingerprint density at radius 3 is 2.95 bits per heavy atom. The second kappa shape index (κ2) is 7.51. The van der Waals surface area contributed by atoms with Gasteiger partial charge in [-0.05, 0) is 41.1 Å². The number of halogens is 1. The smallest absolute Gasteiger partial charge is 0.224 e. The summed E-state index contributed by atoms with van der Waals surface area (Å²) in [5, 5.41) is 7.02. The first kappa shape index (κ1) is 15.9. The number of rotatable bonds is 6. The maximum Gasteiger partial charge on any atom is 0.224 e. The van der Waals surface area contributed by atoms with Gasteiger partial charge in [0.05, 0.1) is 9.77 Å². The lowest BCUT2D eigenvalue weighted by atomic mass is 10.2. The molecule has 0 aliphatic heterocycles. The summed E-state index contributed by atoms with van der Waals surface area (Å²) in [4.78, 5) is 12.2. The van der Waals surface area contributed by atoms with Gasteiger partial charge in [0.25, 0.3) is 0 Å². The third-order valence-corrected chi connectivity index (χ3v) is 3.62. The average molecular weight is 414 g/mol. The molecule has 0 bridgehead atoms. The zero-order valence-electron chi connectivity index (χ0n) is 11.3. The third kappa shape index (κ3) is 5.09. The van der Waals surface area contributed by atoms with Crippen LogP contribution in [0, 0.1) is 3.57 Å². The summed E-state index contributed by atoms with van der Waals surface area (Å²) in [6, 6.07) is 7.22. The Labute approximate surface area is 142 Å². The van der Waals surface area contributed by atoms with E-state index in [1.807, 2.05) is 29.1 Å². The molecule has 0 saturated heterocycles. The van der Waals surface area contributed by atoms with Crippen molar-refractivity contribution in [2.45, 2.75) is 19.4 Å². The van der Waals surface area contributed by atoms with E-state index in [-0.39, 0.29) is 5.91 Å². The van der Waals surface area contributed by atoms with Crippen LogP contribution in [0.4, 0.5) is 5.69 Å². The minimum Gasteiger partial charge on any atom is -0.389 e. The first-order valence-electron chi connectivity index (χ1n) is 6.42. The molecule has 7 heteroatoms. The fraction of sp³-hybridized carbons (Fsp3) is 0.214. The average Bonchev–Trinajstić information content (AvgIpc) is 2.84. The van der Waals surface area contributed by atoms with Gasteiger partial charge >= 0.3 is 0 Å². The highest BCUT2D eigenvalue weighted by Crippen LogP contribution is 2.11. The first-order valence-corrected chi connectivity index (χ1v) is 7.91. The number of aromatic nitrogens is 2. The van der Waals surface area contributed by atoms with E-state index in [1.54, 1.807) is 12.3 Å². The second-order valence-electron chi connectivity index (χ2n) is 4.52. The van der Waals surface area contributed by atoms with Gasteiger partial charge in [-0.2, -0.15) is 5.10 Å². The van der Waals surface area contributed by atoms with E-state index >= 15 is 0 Å². The Hall–Kier alpha value is -1.48. The van der Waals surface area contributed by atoms with Crippen molar-refractivity contribution in [3.8, 4) is 0 Å². The van der Waals surface area contributed by atoms with Gasteiger partial charge in [0.15, 0.2) is 0 Å². The Morgan fingerprint density at radius 2 is 2.29 bits per heavy atom. The summed E-state index contributed by atoms with van der Waals surface area (Å²) in [6.45, 7) is 0.726. The van der Waals surface area contributed by atoms with Crippen LogP contribution in [0.1, 0.15) is 18.4 Å². The molecule has 0 unspecified atom stereocenters. The lowest BCUT2D eigenvalue weighted by Gasteiger charge is -2.07. The maximum absolute atomic E-state index is 11.9. The van der Waals surface area contributed by atoms with Crippen molar-refractivity contribution < 1.29 is 4.79 Å². The number of nitrogens with one attached hydrogen (secondary N) is 1. The molecule has 5 nitrogen and oxygen atoms in total. The molecule has 0 saturated carbocycles. The van der Waals surface area contributed by atoms with Crippen LogP contribution in [0.2, 0.25) is 0 Å². The highest BCUT2D eigenvalue weighted by molar-refractivity contribution is 14.1. The van der Waals surface area contributed by atoms with Crippen molar-refractivity contribution in [2.75, 3.05) is 5.32 Å². The lowest BCUT2D eigenvalue weighted by molar-refractivity contribution is -0.116. The molecule has 1 aromatic carbocycles. The van der Waals surface area contributed by atoms with E-state index < -0.39 is 0 Å². The molecule has 0 radical (unpaired) electrons. The number of hydrogen-bond acceptors (Lipinski definition) is 3. The van der Waals surface area contributed by atoms with Gasteiger partial charge in [0, 0.05) is 30.4 Å². The van der Waals surface area contributed by atoms with E-state index in [0.29, 0.717) is 17.1 Å². The zero-order chi connectivity index (χ0) is 15.2. The van der Waals surface area contributed by atoms with Crippen molar-refractivity contribution in [3.05, 3.63) is 45.8 Å². The van der Waals surface area contributed by atoms with E-state index in [1.165, 1.54) is 0 Å². The SMILES string of the molecule is NC(=S)c1cccc(NC(=O)CCCn2cc(I)cn2)c1. The van der Waals surface area contributed by atoms with Crippen LogP contribution in [-0.2, 0) is 11.3 Å². The molecular formula is C14H15IN4OS. The molecule has 110 valence electrons. The number of benzene rings is 1. The minimum atomic E-state index is -0.0306. The molecule has 1 amide bonds. The molecule has 0 atom stereocenters. The topological polar surface area (TPSA) is 72.9 Å². The van der Waals surface area contributed by atoms with Crippen LogP contribution < -0.4 is 11.1 Å². The van der Waals surface area contributed by atoms with Crippen LogP contribution in [-0.4, -0.2) is 20.7 Å². The van der Waals surface area contributed by atoms with Gasteiger partial charge in [-0.3, -0.25) is 9.48 Å². The Bertz CT molecular complexity index is 656. The molecule has 3 N–H and O–H groups in total. The van der Waals surface area contributed by atoms with E-state index in [2.05, 4.69) is 33.0 Å². The van der Waals surface area contributed by atoms with Crippen LogP contribution in [0.15, 0.2) is 36.7 Å². The Balaban J connectivity index is 1.81. The monoisotopic (exact) mass is 414 g/mol. The predicted octanol–water partition coefficient (Wildman–Crippen LogP) is 2.54. The number of aryl methyl sites for hydroxylation is 1. The highest BCUT2D eigenvalue weighted by atomic mass is 127. The lowest BCUT2D eigenvalue weighted by Crippen LogP contribution is -2.14. The quantitative estimate of drug-likeness (QED) is 0.563. The Kier molecular flexibility index (Phi) is 5.68. The molecule has 0 aliphatic rings. The first-order chi connectivity index (χ1) is 10.0. The third-order valence-electron chi connectivity index (χ3n) is 2.82.